The van der Waals surface area contributed by atoms with Crippen LogP contribution in [0.2, 0.25) is 0 Å². The van der Waals surface area contributed by atoms with Crippen LogP contribution in [0.5, 0.6) is 0 Å². The van der Waals surface area contributed by atoms with Gasteiger partial charge in [0.1, 0.15) is 5.54 Å². The lowest BCUT2D eigenvalue weighted by atomic mass is 9.98. The van der Waals surface area contributed by atoms with Crippen LogP contribution in [-0.2, 0) is 15.8 Å². The zero-order valence-corrected chi connectivity index (χ0v) is 15.6. The number of carbonyl (C=O) groups is 3. The number of imide groups is 1. The van der Waals surface area contributed by atoms with Gasteiger partial charge in [-0.3, -0.25) is 14.5 Å². The van der Waals surface area contributed by atoms with Gasteiger partial charge >= 0.3 is 12.2 Å². The Hall–Kier alpha value is -3.02. The topological polar surface area (TPSA) is 78.5 Å². The Morgan fingerprint density at radius 1 is 1.24 bits per heavy atom. The Morgan fingerprint density at radius 3 is 2.66 bits per heavy atom. The molecule has 3 rings (SSSR count). The predicted octanol–water partition coefficient (Wildman–Crippen LogP) is 2.43. The number of hydrogen-bond acceptors (Lipinski definition) is 3. The number of halogens is 3. The average molecular weight is 407 g/mol. The normalized spacial score (nSPS) is 17.8. The van der Waals surface area contributed by atoms with E-state index in [0.29, 0.717) is 12.8 Å². The van der Waals surface area contributed by atoms with Crippen molar-refractivity contribution in [3.8, 4) is 11.8 Å². The third-order valence-corrected chi connectivity index (χ3v) is 5.06. The molecule has 29 heavy (non-hydrogen) atoms. The number of nitrogens with one attached hydrogen (secondary N) is 2. The van der Waals surface area contributed by atoms with E-state index >= 15 is 0 Å². The standard InChI is InChI=1S/C20H20F3N3O3/c21-20(22,23)15-7-3-5-14(13-15)6-4-11-24-16(27)8-12-26-17(28)19(25-18(26)29)9-1-2-10-19/h3,5,7,13H,1-2,8-12H2,(H,24,27)(H,25,29). The summed E-state index contributed by atoms with van der Waals surface area (Å²) in [7, 11) is 0. The average Bonchev–Trinajstić information content (AvgIpc) is 3.22. The molecule has 0 unspecified atom stereocenters. The molecule has 0 atom stereocenters. The van der Waals surface area contributed by atoms with Gasteiger partial charge in [0.05, 0.1) is 12.1 Å². The van der Waals surface area contributed by atoms with Crippen molar-refractivity contribution in [2.75, 3.05) is 13.1 Å². The molecule has 2 aliphatic rings. The van der Waals surface area contributed by atoms with Crippen molar-refractivity contribution in [1.29, 1.82) is 0 Å². The van der Waals surface area contributed by atoms with Gasteiger partial charge in [0.25, 0.3) is 5.91 Å². The highest BCUT2D eigenvalue weighted by molar-refractivity contribution is 6.07. The van der Waals surface area contributed by atoms with Gasteiger partial charge in [0.15, 0.2) is 0 Å². The molecule has 9 heteroatoms. The number of alkyl halides is 3. The molecule has 1 aromatic carbocycles. The second-order valence-corrected chi connectivity index (χ2v) is 7.08. The molecule has 0 aromatic heterocycles. The van der Waals surface area contributed by atoms with Crippen LogP contribution < -0.4 is 10.6 Å². The van der Waals surface area contributed by atoms with Gasteiger partial charge in [0.2, 0.25) is 5.91 Å². The molecule has 1 heterocycles. The SMILES string of the molecule is O=C(CCN1C(=O)NC2(CCCC2)C1=O)NCC#Cc1cccc(C(F)(F)F)c1. The Bertz CT molecular complexity index is 880. The van der Waals surface area contributed by atoms with Crippen LogP contribution in [-0.4, -0.2) is 41.4 Å². The van der Waals surface area contributed by atoms with Crippen LogP contribution in [0.25, 0.3) is 0 Å². The van der Waals surface area contributed by atoms with Gasteiger partial charge in [-0.1, -0.05) is 30.7 Å². The number of amides is 4. The number of nitrogens with zero attached hydrogens (tertiary/aromatic N) is 1. The molecule has 6 nitrogen and oxygen atoms in total. The first-order valence-corrected chi connectivity index (χ1v) is 9.28. The summed E-state index contributed by atoms with van der Waals surface area (Å²) in [5.74, 6) is 4.46. The monoisotopic (exact) mass is 407 g/mol. The number of urea groups is 1. The van der Waals surface area contributed by atoms with Crippen molar-refractivity contribution < 1.29 is 27.6 Å². The molecular formula is C20H20F3N3O3. The summed E-state index contributed by atoms with van der Waals surface area (Å²) >= 11 is 0. The van der Waals surface area contributed by atoms with Crippen molar-refractivity contribution >= 4 is 17.8 Å². The largest absolute Gasteiger partial charge is 0.416 e. The van der Waals surface area contributed by atoms with Crippen molar-refractivity contribution in [3.05, 3.63) is 35.4 Å². The quantitative estimate of drug-likeness (QED) is 0.595. The molecule has 2 fully saturated rings. The van der Waals surface area contributed by atoms with Crippen molar-refractivity contribution in [2.24, 2.45) is 0 Å². The van der Waals surface area contributed by atoms with Crippen molar-refractivity contribution in [2.45, 2.75) is 43.8 Å². The second-order valence-electron chi connectivity index (χ2n) is 7.08. The number of benzene rings is 1. The minimum atomic E-state index is -4.44. The van der Waals surface area contributed by atoms with Crippen LogP contribution in [0, 0.1) is 11.8 Å². The molecule has 1 saturated carbocycles. The summed E-state index contributed by atoms with van der Waals surface area (Å²) < 4.78 is 38.0. The summed E-state index contributed by atoms with van der Waals surface area (Å²) in [5, 5.41) is 5.25. The Morgan fingerprint density at radius 2 is 1.97 bits per heavy atom. The van der Waals surface area contributed by atoms with Crippen LogP contribution in [0.3, 0.4) is 0 Å². The molecule has 0 radical (unpaired) electrons. The highest BCUT2D eigenvalue weighted by Gasteiger charge is 2.52. The fraction of sp³-hybridized carbons (Fsp3) is 0.450. The maximum Gasteiger partial charge on any atom is 0.416 e. The van der Waals surface area contributed by atoms with E-state index in [0.717, 1.165) is 29.9 Å². The van der Waals surface area contributed by atoms with E-state index in [9.17, 15) is 27.6 Å². The zero-order valence-electron chi connectivity index (χ0n) is 15.6. The molecule has 1 aromatic rings. The van der Waals surface area contributed by atoms with E-state index in [-0.39, 0.29) is 31.0 Å². The lowest BCUT2D eigenvalue weighted by Crippen LogP contribution is -2.44. The summed E-state index contributed by atoms with van der Waals surface area (Å²) in [6.45, 7) is -0.0849. The minimum Gasteiger partial charge on any atom is -0.345 e. The molecule has 0 bridgehead atoms. The lowest BCUT2D eigenvalue weighted by Gasteiger charge is -2.19. The van der Waals surface area contributed by atoms with E-state index in [4.69, 9.17) is 0 Å². The van der Waals surface area contributed by atoms with Crippen LogP contribution >= 0.6 is 0 Å². The third-order valence-electron chi connectivity index (χ3n) is 5.06. The van der Waals surface area contributed by atoms with Gasteiger partial charge in [-0.25, -0.2) is 4.79 Å². The summed E-state index contributed by atoms with van der Waals surface area (Å²) in [5.41, 5.74) is -1.40. The van der Waals surface area contributed by atoms with Gasteiger partial charge in [-0.2, -0.15) is 13.2 Å². The van der Waals surface area contributed by atoms with Crippen LogP contribution in [0.4, 0.5) is 18.0 Å². The predicted molar refractivity (Wildman–Crippen MR) is 97.4 cm³/mol. The van der Waals surface area contributed by atoms with Crippen molar-refractivity contribution in [3.63, 3.8) is 0 Å². The molecule has 1 aliphatic heterocycles. The first-order valence-electron chi connectivity index (χ1n) is 9.28. The van der Waals surface area contributed by atoms with E-state index < -0.39 is 29.2 Å². The number of rotatable bonds is 4. The lowest BCUT2D eigenvalue weighted by molar-refractivity contribution is -0.137. The fourth-order valence-electron chi connectivity index (χ4n) is 3.56. The number of carbonyl (C=O) groups excluding carboxylic acids is 3. The molecular weight excluding hydrogens is 387 g/mol. The zero-order chi connectivity index (χ0) is 21.1. The molecule has 1 saturated heterocycles. The highest BCUT2D eigenvalue weighted by atomic mass is 19.4. The van der Waals surface area contributed by atoms with E-state index in [1.165, 1.54) is 12.1 Å². The van der Waals surface area contributed by atoms with Gasteiger partial charge in [-0.15, -0.1) is 0 Å². The van der Waals surface area contributed by atoms with Crippen LogP contribution in [0.1, 0.15) is 43.2 Å². The Labute approximate surface area is 165 Å². The first kappa shape index (κ1) is 20.7. The third kappa shape index (κ3) is 4.70. The molecule has 4 amide bonds. The summed E-state index contributed by atoms with van der Waals surface area (Å²) in [6, 6.07) is 4.12. The molecule has 2 N–H and O–H groups in total. The summed E-state index contributed by atoms with van der Waals surface area (Å²) in [4.78, 5) is 37.5. The first-order chi connectivity index (χ1) is 13.7. The van der Waals surface area contributed by atoms with Gasteiger partial charge in [0, 0.05) is 18.5 Å². The summed E-state index contributed by atoms with van der Waals surface area (Å²) in [6.07, 6.45) is -1.52. The molecule has 1 aliphatic carbocycles. The van der Waals surface area contributed by atoms with Crippen LogP contribution in [0.15, 0.2) is 24.3 Å². The van der Waals surface area contributed by atoms with E-state index in [1.54, 1.807) is 0 Å². The van der Waals surface area contributed by atoms with E-state index in [1.807, 2.05) is 0 Å². The Kier molecular flexibility index (Phi) is 5.82. The molecule has 154 valence electrons. The second kappa shape index (κ2) is 8.15. The molecule has 1 spiro atoms. The highest BCUT2D eigenvalue weighted by Crippen LogP contribution is 2.35. The maximum absolute atomic E-state index is 12.7. The fourth-order valence-corrected chi connectivity index (χ4v) is 3.56. The van der Waals surface area contributed by atoms with Crippen molar-refractivity contribution in [1.82, 2.24) is 15.5 Å². The maximum atomic E-state index is 12.7. The van der Waals surface area contributed by atoms with Gasteiger partial charge < -0.3 is 10.6 Å². The minimum absolute atomic E-state index is 0.0285. The van der Waals surface area contributed by atoms with Gasteiger partial charge in [-0.05, 0) is 31.0 Å². The number of hydrogen-bond donors (Lipinski definition) is 2. The Balaban J connectivity index is 1.46. The van der Waals surface area contributed by atoms with E-state index in [2.05, 4.69) is 22.5 Å². The smallest absolute Gasteiger partial charge is 0.345 e.